The first-order valence-corrected chi connectivity index (χ1v) is 11.7. The van der Waals surface area contributed by atoms with Gasteiger partial charge < -0.3 is 10.6 Å². The summed E-state index contributed by atoms with van der Waals surface area (Å²) in [6.07, 6.45) is 0.814. The van der Waals surface area contributed by atoms with Gasteiger partial charge in [-0.25, -0.2) is 0 Å². The van der Waals surface area contributed by atoms with Gasteiger partial charge in [0.2, 0.25) is 11.8 Å². The van der Waals surface area contributed by atoms with Crippen molar-refractivity contribution in [1.82, 2.24) is 15.2 Å². The van der Waals surface area contributed by atoms with E-state index >= 15 is 0 Å². The molecule has 1 heterocycles. The number of halogens is 1. The van der Waals surface area contributed by atoms with Crippen molar-refractivity contribution in [3.05, 3.63) is 63.4 Å². The summed E-state index contributed by atoms with van der Waals surface area (Å²) in [7, 11) is 0. The van der Waals surface area contributed by atoms with Gasteiger partial charge in [0.05, 0.1) is 10.9 Å². The molecule has 0 spiro atoms. The Balaban J connectivity index is 1.78. The minimum absolute atomic E-state index is 0.0816. The van der Waals surface area contributed by atoms with Crippen molar-refractivity contribution in [3.63, 3.8) is 0 Å². The second-order valence-corrected chi connectivity index (χ2v) is 8.82. The Kier molecular flexibility index (Phi) is 8.24. The number of hydrogen-bond acceptors (Lipinski definition) is 6. The molecule has 3 aromatic rings. The van der Waals surface area contributed by atoms with E-state index in [-0.39, 0.29) is 22.7 Å². The quantitative estimate of drug-likeness (QED) is 0.400. The van der Waals surface area contributed by atoms with Gasteiger partial charge in [-0.05, 0) is 37.1 Å². The van der Waals surface area contributed by atoms with E-state index in [9.17, 15) is 14.4 Å². The molecule has 0 radical (unpaired) electrons. The van der Waals surface area contributed by atoms with Crippen molar-refractivity contribution in [1.29, 1.82) is 0 Å². The predicted octanol–water partition coefficient (Wildman–Crippen LogP) is 4.65. The lowest BCUT2D eigenvalue weighted by atomic mass is 10.1. The molecule has 2 aromatic carbocycles. The molecule has 33 heavy (non-hydrogen) atoms. The monoisotopic (exact) mass is 485 g/mol. The van der Waals surface area contributed by atoms with Crippen molar-refractivity contribution >= 4 is 46.6 Å². The normalized spacial score (nSPS) is 11.6. The van der Waals surface area contributed by atoms with Gasteiger partial charge in [-0.1, -0.05) is 61.5 Å². The van der Waals surface area contributed by atoms with Crippen molar-refractivity contribution in [2.75, 3.05) is 10.6 Å². The highest BCUT2D eigenvalue weighted by atomic mass is 35.5. The zero-order valence-corrected chi connectivity index (χ0v) is 20.0. The third-order valence-electron chi connectivity index (χ3n) is 4.81. The van der Waals surface area contributed by atoms with Crippen molar-refractivity contribution < 1.29 is 9.59 Å². The van der Waals surface area contributed by atoms with Gasteiger partial charge in [-0.15, -0.1) is 10.2 Å². The smallest absolute Gasteiger partial charge is 0.278 e. The van der Waals surface area contributed by atoms with Crippen LogP contribution in [0.3, 0.4) is 0 Å². The third-order valence-corrected chi connectivity index (χ3v) is 6.46. The van der Waals surface area contributed by atoms with Crippen LogP contribution < -0.4 is 16.2 Å². The maximum Gasteiger partial charge on any atom is 0.278 e. The van der Waals surface area contributed by atoms with Crippen molar-refractivity contribution in [3.8, 4) is 11.3 Å². The van der Waals surface area contributed by atoms with Crippen LogP contribution in [-0.2, 0) is 9.59 Å². The van der Waals surface area contributed by atoms with E-state index in [4.69, 9.17) is 11.6 Å². The molecule has 3 N–H and O–H groups in total. The zero-order valence-electron chi connectivity index (χ0n) is 18.4. The molecular weight excluding hydrogens is 462 g/mol. The second kappa shape index (κ2) is 11.1. The molecule has 0 aliphatic rings. The Morgan fingerprint density at radius 3 is 2.55 bits per heavy atom. The van der Waals surface area contributed by atoms with Gasteiger partial charge in [0.1, 0.15) is 0 Å². The van der Waals surface area contributed by atoms with Crippen LogP contribution in [0, 0.1) is 6.92 Å². The SMILES string of the molecule is CCC(=O)Nc1ccccc1-c1nnc(SC(CC)C(=O)Nc2ccc(C)c(Cl)c2)[nH]c1=O. The average Bonchev–Trinajstić information content (AvgIpc) is 2.80. The fourth-order valence-corrected chi connectivity index (χ4v) is 3.96. The number of aromatic amines is 1. The Labute approximate surface area is 200 Å². The summed E-state index contributed by atoms with van der Waals surface area (Å²) in [5.41, 5.74) is 2.07. The van der Waals surface area contributed by atoms with Crippen LogP contribution in [0.2, 0.25) is 5.02 Å². The summed E-state index contributed by atoms with van der Waals surface area (Å²) in [4.78, 5) is 40.0. The van der Waals surface area contributed by atoms with Crippen LogP contribution in [0.4, 0.5) is 11.4 Å². The molecular formula is C23H24ClN5O3S. The van der Waals surface area contributed by atoms with Crippen LogP contribution in [0.25, 0.3) is 11.3 Å². The number of hydrogen-bond donors (Lipinski definition) is 3. The maximum atomic E-state index is 12.7. The second-order valence-electron chi connectivity index (χ2n) is 7.22. The molecule has 0 saturated heterocycles. The number of benzene rings is 2. The summed E-state index contributed by atoms with van der Waals surface area (Å²) in [6, 6.07) is 12.2. The van der Waals surface area contributed by atoms with E-state index in [1.54, 1.807) is 43.3 Å². The number of carbonyl (C=O) groups is 2. The van der Waals surface area contributed by atoms with Crippen LogP contribution >= 0.6 is 23.4 Å². The van der Waals surface area contributed by atoms with Gasteiger partial charge >= 0.3 is 0 Å². The topological polar surface area (TPSA) is 117 Å². The molecule has 1 atom stereocenters. The molecule has 1 unspecified atom stereocenters. The van der Waals surface area contributed by atoms with Crippen LogP contribution in [0.5, 0.6) is 0 Å². The molecule has 2 amide bonds. The van der Waals surface area contributed by atoms with Gasteiger partial charge in [-0.3, -0.25) is 19.4 Å². The van der Waals surface area contributed by atoms with E-state index in [0.717, 1.165) is 17.3 Å². The number of aryl methyl sites for hydroxylation is 1. The number of anilines is 2. The van der Waals surface area contributed by atoms with Crippen LogP contribution in [0.15, 0.2) is 52.4 Å². The van der Waals surface area contributed by atoms with Crippen molar-refractivity contribution in [2.24, 2.45) is 0 Å². The number of thioether (sulfide) groups is 1. The number of nitrogens with one attached hydrogen (secondary N) is 3. The van der Waals surface area contributed by atoms with Gasteiger partial charge in [0, 0.05) is 22.7 Å². The number of carbonyl (C=O) groups excluding carboxylic acids is 2. The minimum Gasteiger partial charge on any atom is -0.325 e. The number of amides is 2. The predicted molar refractivity (Wildman–Crippen MR) is 132 cm³/mol. The lowest BCUT2D eigenvalue weighted by Crippen LogP contribution is -2.25. The molecule has 0 fully saturated rings. The van der Waals surface area contributed by atoms with E-state index in [0.29, 0.717) is 34.8 Å². The minimum atomic E-state index is -0.503. The molecule has 0 aliphatic carbocycles. The highest BCUT2D eigenvalue weighted by Crippen LogP contribution is 2.27. The summed E-state index contributed by atoms with van der Waals surface area (Å²) in [6.45, 7) is 5.49. The van der Waals surface area contributed by atoms with E-state index in [2.05, 4.69) is 25.8 Å². The van der Waals surface area contributed by atoms with E-state index in [1.807, 2.05) is 19.9 Å². The van der Waals surface area contributed by atoms with Crippen LogP contribution in [-0.4, -0.2) is 32.2 Å². The van der Waals surface area contributed by atoms with E-state index < -0.39 is 10.8 Å². The number of nitrogens with zero attached hydrogens (tertiary/aromatic N) is 2. The lowest BCUT2D eigenvalue weighted by molar-refractivity contribution is -0.116. The molecule has 3 rings (SSSR count). The molecule has 1 aromatic heterocycles. The Hall–Kier alpha value is -3.17. The highest BCUT2D eigenvalue weighted by Gasteiger charge is 2.21. The largest absolute Gasteiger partial charge is 0.325 e. The van der Waals surface area contributed by atoms with Crippen molar-refractivity contribution in [2.45, 2.75) is 44.0 Å². The fourth-order valence-electron chi connectivity index (χ4n) is 2.94. The van der Waals surface area contributed by atoms with E-state index in [1.165, 1.54) is 0 Å². The number of H-pyrrole nitrogens is 1. The first kappa shape index (κ1) is 24.5. The third kappa shape index (κ3) is 6.21. The number of para-hydroxylation sites is 1. The Morgan fingerprint density at radius 2 is 1.88 bits per heavy atom. The Bertz CT molecular complexity index is 1230. The first-order valence-electron chi connectivity index (χ1n) is 10.4. The molecule has 0 saturated carbocycles. The number of rotatable bonds is 8. The summed E-state index contributed by atoms with van der Waals surface area (Å²) < 4.78 is 0. The zero-order chi connectivity index (χ0) is 24.0. The summed E-state index contributed by atoms with van der Waals surface area (Å²) in [5.74, 6) is -0.410. The molecule has 10 heteroatoms. The number of aromatic nitrogens is 3. The molecule has 0 bridgehead atoms. The van der Waals surface area contributed by atoms with Gasteiger partial charge in [-0.2, -0.15) is 0 Å². The highest BCUT2D eigenvalue weighted by molar-refractivity contribution is 8.00. The van der Waals surface area contributed by atoms with Gasteiger partial charge in [0.25, 0.3) is 5.56 Å². The molecule has 172 valence electrons. The first-order chi connectivity index (χ1) is 15.8. The Morgan fingerprint density at radius 1 is 1.12 bits per heavy atom. The van der Waals surface area contributed by atoms with Gasteiger partial charge in [0.15, 0.2) is 10.9 Å². The molecule has 8 nitrogen and oxygen atoms in total. The average molecular weight is 486 g/mol. The maximum absolute atomic E-state index is 12.7. The van der Waals surface area contributed by atoms with Crippen LogP contribution in [0.1, 0.15) is 32.3 Å². The standard InChI is InChI=1S/C23H24ClN5O3S/c1-4-18(21(31)25-14-11-10-13(3)16(24)12-14)33-23-27-22(32)20(28-29-23)15-8-6-7-9-17(15)26-19(30)5-2/h6-12,18H,4-5H2,1-3H3,(H,25,31)(H,26,30)(H,27,29,32). The lowest BCUT2D eigenvalue weighted by Gasteiger charge is -2.14. The molecule has 0 aliphatic heterocycles. The summed E-state index contributed by atoms with van der Waals surface area (Å²) >= 11 is 7.25. The fraction of sp³-hybridized carbons (Fsp3) is 0.261. The summed E-state index contributed by atoms with van der Waals surface area (Å²) in [5, 5.41) is 14.1.